The van der Waals surface area contributed by atoms with Crippen LogP contribution in [0.25, 0.3) is 0 Å². The van der Waals surface area contributed by atoms with Gasteiger partial charge in [0.05, 0.1) is 0 Å². The number of carbonyl (C=O) groups excluding carboxylic acids is 1. The highest BCUT2D eigenvalue weighted by Crippen LogP contribution is 2.35. The van der Waals surface area contributed by atoms with Gasteiger partial charge in [0.25, 0.3) is 0 Å². The Morgan fingerprint density at radius 2 is 2.00 bits per heavy atom. The van der Waals surface area contributed by atoms with Gasteiger partial charge in [-0.3, -0.25) is 10.2 Å². The number of alkyl halides is 3. The van der Waals surface area contributed by atoms with E-state index < -0.39 is 17.6 Å². The molecule has 0 radical (unpaired) electrons. The average molecular weight is 377 g/mol. The molecule has 1 heterocycles. The first-order valence-electron chi connectivity index (χ1n) is 6.85. The molecule has 6 nitrogen and oxygen atoms in total. The fraction of sp³-hybridized carbons (Fsp3) is 0.200. The second kappa shape index (κ2) is 9.70. The third-order valence-electron chi connectivity index (χ3n) is 2.89. The van der Waals surface area contributed by atoms with Gasteiger partial charge in [-0.25, -0.2) is 10.8 Å². The van der Waals surface area contributed by atoms with E-state index in [1.54, 1.807) is 30.7 Å². The molecule has 0 atom stereocenters. The van der Waals surface area contributed by atoms with Crippen LogP contribution in [-0.2, 0) is 17.6 Å². The SMILES string of the molecule is CNc1cccc(Cl)c1COc1ncccc1C(F)(F)F.NNC=O. The molecule has 0 aliphatic carbocycles. The van der Waals surface area contributed by atoms with Crippen LogP contribution >= 0.6 is 11.6 Å². The summed E-state index contributed by atoms with van der Waals surface area (Å²) >= 11 is 6.04. The van der Waals surface area contributed by atoms with Gasteiger partial charge in [-0.05, 0) is 24.3 Å². The third kappa shape index (κ3) is 6.12. The average Bonchev–Trinajstić information content (AvgIpc) is 2.60. The Kier molecular flexibility index (Phi) is 7.96. The predicted octanol–water partition coefficient (Wildman–Crippen LogP) is 2.98. The van der Waals surface area contributed by atoms with Crippen LogP contribution in [-0.4, -0.2) is 18.4 Å². The maximum absolute atomic E-state index is 12.8. The van der Waals surface area contributed by atoms with Crippen LogP contribution in [0.2, 0.25) is 5.02 Å². The maximum atomic E-state index is 12.8. The second-order valence-corrected chi connectivity index (χ2v) is 4.85. The number of ether oxygens (including phenoxy) is 1. The molecule has 0 saturated heterocycles. The molecule has 1 amide bonds. The van der Waals surface area contributed by atoms with E-state index in [1.165, 1.54) is 12.3 Å². The van der Waals surface area contributed by atoms with Gasteiger partial charge in [-0.2, -0.15) is 13.2 Å². The van der Waals surface area contributed by atoms with Crippen molar-refractivity contribution >= 4 is 23.7 Å². The van der Waals surface area contributed by atoms with E-state index in [2.05, 4.69) is 16.1 Å². The molecule has 2 rings (SSSR count). The van der Waals surface area contributed by atoms with Gasteiger partial charge in [0, 0.05) is 29.5 Å². The van der Waals surface area contributed by atoms with Crippen LogP contribution in [0, 0.1) is 0 Å². The van der Waals surface area contributed by atoms with Crippen molar-refractivity contribution in [2.75, 3.05) is 12.4 Å². The Bertz CT molecular complexity index is 699. The van der Waals surface area contributed by atoms with Gasteiger partial charge in [0.15, 0.2) is 0 Å². The summed E-state index contributed by atoms with van der Waals surface area (Å²) in [4.78, 5) is 12.6. The summed E-state index contributed by atoms with van der Waals surface area (Å²) in [7, 11) is 1.69. The molecule has 0 unspecified atom stereocenters. The van der Waals surface area contributed by atoms with Crippen LogP contribution in [0.4, 0.5) is 18.9 Å². The second-order valence-electron chi connectivity index (χ2n) is 4.44. The van der Waals surface area contributed by atoms with Gasteiger partial charge in [0.1, 0.15) is 12.2 Å². The van der Waals surface area contributed by atoms with Crippen molar-refractivity contribution in [2.24, 2.45) is 5.84 Å². The number of nitrogens with one attached hydrogen (secondary N) is 2. The number of hydrazine groups is 1. The number of pyridine rings is 1. The van der Waals surface area contributed by atoms with Gasteiger partial charge in [-0.15, -0.1) is 0 Å². The van der Waals surface area contributed by atoms with Crippen molar-refractivity contribution in [1.29, 1.82) is 0 Å². The van der Waals surface area contributed by atoms with Gasteiger partial charge >= 0.3 is 6.18 Å². The Hall–Kier alpha value is -2.52. The fourth-order valence-electron chi connectivity index (χ4n) is 1.80. The maximum Gasteiger partial charge on any atom is 0.421 e. The molecular formula is C15H16ClF3N4O2. The van der Waals surface area contributed by atoms with Gasteiger partial charge in [0.2, 0.25) is 12.3 Å². The lowest BCUT2D eigenvalue weighted by Crippen LogP contribution is -2.18. The molecule has 1 aromatic heterocycles. The van der Waals surface area contributed by atoms with E-state index in [-0.39, 0.29) is 6.61 Å². The van der Waals surface area contributed by atoms with Crippen molar-refractivity contribution in [3.8, 4) is 5.88 Å². The van der Waals surface area contributed by atoms with Crippen LogP contribution in [0.3, 0.4) is 0 Å². The molecule has 10 heteroatoms. The van der Waals surface area contributed by atoms with Gasteiger partial charge < -0.3 is 10.1 Å². The Balaban J connectivity index is 0.000000705. The standard InChI is InChI=1S/C14H12ClF3N2O.CH4N2O/c1-19-12-6-2-5-11(15)9(12)8-21-13-10(14(16,17)18)4-3-7-20-13;2-3-1-4/h2-7,19H,8H2,1H3;1H,2H2,(H,3,4). The molecule has 0 saturated carbocycles. The Morgan fingerprint density at radius 1 is 1.32 bits per heavy atom. The number of hydrogen-bond acceptors (Lipinski definition) is 5. The van der Waals surface area contributed by atoms with Crippen molar-refractivity contribution in [1.82, 2.24) is 10.4 Å². The number of nitrogens with two attached hydrogens (primary N) is 1. The minimum atomic E-state index is -4.52. The van der Waals surface area contributed by atoms with Crippen molar-refractivity contribution in [3.63, 3.8) is 0 Å². The summed E-state index contributed by atoms with van der Waals surface area (Å²) in [6.45, 7) is -0.115. The Morgan fingerprint density at radius 3 is 2.56 bits per heavy atom. The number of rotatable bonds is 5. The molecule has 0 aliphatic heterocycles. The van der Waals surface area contributed by atoms with Crippen LogP contribution in [0.15, 0.2) is 36.5 Å². The summed E-state index contributed by atoms with van der Waals surface area (Å²) in [5.74, 6) is 3.94. The molecule has 136 valence electrons. The zero-order chi connectivity index (χ0) is 18.9. The summed E-state index contributed by atoms with van der Waals surface area (Å²) in [5.41, 5.74) is 2.09. The number of benzene rings is 1. The number of amides is 1. The first kappa shape index (κ1) is 20.5. The Labute approximate surface area is 147 Å². The molecule has 2 aromatic rings. The van der Waals surface area contributed by atoms with E-state index in [0.717, 1.165) is 6.07 Å². The minimum Gasteiger partial charge on any atom is -0.472 e. The number of carbonyl (C=O) groups is 1. The highest BCUT2D eigenvalue weighted by Gasteiger charge is 2.35. The predicted molar refractivity (Wildman–Crippen MR) is 88.0 cm³/mol. The highest BCUT2D eigenvalue weighted by molar-refractivity contribution is 6.31. The molecule has 0 spiro atoms. The number of aromatic nitrogens is 1. The van der Waals surface area contributed by atoms with E-state index in [1.807, 2.05) is 0 Å². The smallest absolute Gasteiger partial charge is 0.421 e. The van der Waals surface area contributed by atoms with Crippen molar-refractivity contribution in [2.45, 2.75) is 12.8 Å². The molecule has 1 aromatic carbocycles. The van der Waals surface area contributed by atoms with E-state index >= 15 is 0 Å². The summed E-state index contributed by atoms with van der Waals surface area (Å²) in [6.07, 6.45) is -2.87. The molecule has 0 fully saturated rings. The van der Waals surface area contributed by atoms with E-state index in [0.29, 0.717) is 22.7 Å². The zero-order valence-corrected chi connectivity index (χ0v) is 13.9. The van der Waals surface area contributed by atoms with Crippen LogP contribution in [0.1, 0.15) is 11.1 Å². The highest BCUT2D eigenvalue weighted by atomic mass is 35.5. The number of nitrogens with zero attached hydrogens (tertiary/aromatic N) is 1. The zero-order valence-electron chi connectivity index (χ0n) is 13.1. The molecule has 4 N–H and O–H groups in total. The topological polar surface area (TPSA) is 89.3 Å². The monoisotopic (exact) mass is 376 g/mol. The molecule has 25 heavy (non-hydrogen) atoms. The lowest BCUT2D eigenvalue weighted by atomic mass is 10.2. The van der Waals surface area contributed by atoms with Crippen molar-refractivity contribution < 1.29 is 22.7 Å². The third-order valence-corrected chi connectivity index (χ3v) is 3.24. The van der Waals surface area contributed by atoms with Crippen LogP contribution < -0.4 is 21.3 Å². The molecule has 0 bridgehead atoms. The van der Waals surface area contributed by atoms with Crippen molar-refractivity contribution in [3.05, 3.63) is 52.7 Å². The summed E-state index contributed by atoms with van der Waals surface area (Å²) in [6, 6.07) is 7.27. The minimum absolute atomic E-state index is 0.115. The summed E-state index contributed by atoms with van der Waals surface area (Å²) in [5, 5.41) is 3.32. The first-order valence-corrected chi connectivity index (χ1v) is 7.22. The number of anilines is 1. The number of halogens is 4. The van der Waals surface area contributed by atoms with E-state index in [4.69, 9.17) is 21.1 Å². The van der Waals surface area contributed by atoms with E-state index in [9.17, 15) is 13.2 Å². The van der Waals surface area contributed by atoms with Crippen LogP contribution in [0.5, 0.6) is 5.88 Å². The number of hydrogen-bond donors (Lipinski definition) is 3. The normalized spacial score (nSPS) is 10.3. The fourth-order valence-corrected chi connectivity index (χ4v) is 2.03. The molecule has 0 aliphatic rings. The lowest BCUT2D eigenvalue weighted by Gasteiger charge is -2.15. The first-order chi connectivity index (χ1) is 11.8. The van der Waals surface area contributed by atoms with Gasteiger partial charge in [-0.1, -0.05) is 17.7 Å². The quantitative estimate of drug-likeness (QED) is 0.323. The summed E-state index contributed by atoms with van der Waals surface area (Å²) < 4.78 is 43.7. The largest absolute Gasteiger partial charge is 0.472 e. The molecular weight excluding hydrogens is 361 g/mol. The lowest BCUT2D eigenvalue weighted by molar-refractivity contribution is -0.139.